The zero-order chi connectivity index (χ0) is 11.4. The number of hydrogen-bond acceptors (Lipinski definition) is 4. The summed E-state index contributed by atoms with van der Waals surface area (Å²) in [5.41, 5.74) is -0.0104. The summed E-state index contributed by atoms with van der Waals surface area (Å²) in [5.74, 6) is -0.739. The zero-order valence-corrected chi connectivity index (χ0v) is 8.71. The highest BCUT2D eigenvalue weighted by molar-refractivity contribution is 6.30. The van der Waals surface area contributed by atoms with Gasteiger partial charge in [-0.05, 0) is 6.07 Å². The van der Waals surface area contributed by atoms with E-state index in [4.69, 9.17) is 21.6 Å². The lowest BCUT2D eigenvalue weighted by molar-refractivity contribution is 0.101. The zero-order valence-electron chi connectivity index (χ0n) is 7.95. The van der Waals surface area contributed by atoms with E-state index in [9.17, 15) is 9.90 Å². The molecule has 1 N–H and O–H groups in total. The molecule has 1 aromatic carbocycles. The number of methoxy groups -OCH3 is 1. The highest BCUT2D eigenvalue weighted by Gasteiger charge is 2.15. The molecule has 0 saturated heterocycles. The first-order chi connectivity index (χ1) is 7.13. The van der Waals surface area contributed by atoms with Crippen LogP contribution in [0.2, 0.25) is 0 Å². The van der Waals surface area contributed by atoms with Crippen molar-refractivity contribution in [2.45, 2.75) is 0 Å². The number of halogens is 1. The molecule has 1 aromatic rings. The average Bonchev–Trinajstić information content (AvgIpc) is 2.28. The summed E-state index contributed by atoms with van der Waals surface area (Å²) in [6.45, 7) is 0. The van der Waals surface area contributed by atoms with Crippen LogP contribution in [0.3, 0.4) is 0 Å². The normalized spacial score (nSPS) is 9.40. The van der Waals surface area contributed by atoms with E-state index < -0.39 is 5.78 Å². The van der Waals surface area contributed by atoms with Gasteiger partial charge in [0.15, 0.2) is 5.78 Å². The molecule has 0 atom stereocenters. The van der Waals surface area contributed by atoms with Gasteiger partial charge < -0.3 is 9.84 Å². The van der Waals surface area contributed by atoms with Crippen molar-refractivity contribution in [1.29, 1.82) is 5.26 Å². The van der Waals surface area contributed by atoms with Crippen LogP contribution in [0.4, 0.5) is 0 Å². The minimum Gasteiger partial charge on any atom is -0.506 e. The molecule has 4 nitrogen and oxygen atoms in total. The summed E-state index contributed by atoms with van der Waals surface area (Å²) >= 11 is 5.37. The molecular formula is C10H8ClNO3. The molecule has 1 rings (SSSR count). The van der Waals surface area contributed by atoms with Crippen LogP contribution in [0, 0.1) is 11.3 Å². The van der Waals surface area contributed by atoms with E-state index in [0.717, 1.165) is 0 Å². The van der Waals surface area contributed by atoms with Crippen molar-refractivity contribution in [2.24, 2.45) is 0 Å². The number of phenolic OH excluding ortho intramolecular Hbond substituents is 1. The summed E-state index contributed by atoms with van der Waals surface area (Å²) in [7, 11) is 1.41. The molecule has 15 heavy (non-hydrogen) atoms. The van der Waals surface area contributed by atoms with Crippen LogP contribution in [-0.2, 0) is 0 Å². The lowest BCUT2D eigenvalue weighted by atomic mass is 10.1. The minimum atomic E-state index is -0.454. The van der Waals surface area contributed by atoms with Gasteiger partial charge in [0.2, 0.25) is 0 Å². The van der Waals surface area contributed by atoms with Gasteiger partial charge in [0.1, 0.15) is 17.6 Å². The molecule has 0 spiro atoms. The van der Waals surface area contributed by atoms with Crippen LogP contribution in [0.1, 0.15) is 15.9 Å². The molecule has 5 heteroatoms. The third kappa shape index (κ3) is 2.20. The Morgan fingerprint density at radius 1 is 1.67 bits per heavy atom. The third-order valence-electron chi connectivity index (χ3n) is 1.86. The number of Topliss-reactive ketones (excluding diaryl/α,β-unsaturated/α-hetero) is 1. The minimum absolute atomic E-state index is 0.000833. The molecule has 0 bridgehead atoms. The first-order valence-electron chi connectivity index (χ1n) is 4.04. The average molecular weight is 226 g/mol. The van der Waals surface area contributed by atoms with Crippen molar-refractivity contribution in [3.05, 3.63) is 23.3 Å². The molecule has 0 saturated carbocycles. The molecule has 78 valence electrons. The lowest BCUT2D eigenvalue weighted by Gasteiger charge is -2.06. The Labute approximate surface area is 91.7 Å². The quantitative estimate of drug-likeness (QED) is 0.628. The second kappa shape index (κ2) is 4.67. The number of ether oxygens (including phenoxy) is 1. The van der Waals surface area contributed by atoms with Crippen LogP contribution < -0.4 is 4.74 Å². The number of carbonyl (C=O) groups is 1. The Morgan fingerprint density at radius 3 is 2.80 bits per heavy atom. The number of hydrogen-bond donors (Lipinski definition) is 1. The number of phenols is 1. The van der Waals surface area contributed by atoms with Gasteiger partial charge in [0, 0.05) is 6.07 Å². The van der Waals surface area contributed by atoms with Crippen LogP contribution in [-0.4, -0.2) is 23.9 Å². The molecule has 0 aromatic heterocycles. The molecule has 0 amide bonds. The number of alkyl halides is 1. The Morgan fingerprint density at radius 2 is 2.33 bits per heavy atom. The van der Waals surface area contributed by atoms with Crippen molar-refractivity contribution in [3.63, 3.8) is 0 Å². The van der Waals surface area contributed by atoms with Crippen LogP contribution in [0.15, 0.2) is 12.1 Å². The van der Waals surface area contributed by atoms with E-state index >= 15 is 0 Å². The monoisotopic (exact) mass is 225 g/mol. The first-order valence-corrected chi connectivity index (χ1v) is 4.57. The van der Waals surface area contributed by atoms with Gasteiger partial charge in [-0.1, -0.05) is 0 Å². The maximum atomic E-state index is 11.3. The Kier molecular flexibility index (Phi) is 3.53. The molecule has 0 aliphatic rings. The number of rotatable bonds is 3. The van der Waals surface area contributed by atoms with Crippen LogP contribution in [0.5, 0.6) is 11.5 Å². The summed E-state index contributed by atoms with van der Waals surface area (Å²) in [6.07, 6.45) is 0. The summed E-state index contributed by atoms with van der Waals surface area (Å²) < 4.78 is 4.89. The fourth-order valence-electron chi connectivity index (χ4n) is 1.10. The van der Waals surface area contributed by atoms with Crippen LogP contribution in [0.25, 0.3) is 0 Å². The fourth-order valence-corrected chi connectivity index (χ4v) is 1.24. The van der Waals surface area contributed by atoms with Crippen LogP contribution >= 0.6 is 11.6 Å². The number of benzene rings is 1. The van der Waals surface area contributed by atoms with E-state index in [0.29, 0.717) is 5.75 Å². The summed E-state index contributed by atoms with van der Waals surface area (Å²) in [6, 6.07) is 4.46. The van der Waals surface area contributed by atoms with Gasteiger partial charge in [-0.25, -0.2) is 0 Å². The molecule has 0 aliphatic carbocycles. The largest absolute Gasteiger partial charge is 0.506 e. The highest BCUT2D eigenvalue weighted by atomic mass is 35.5. The number of nitrogens with zero attached hydrogens (tertiary/aromatic N) is 1. The number of nitriles is 1. The fraction of sp³-hybridized carbons (Fsp3) is 0.200. The predicted molar refractivity (Wildman–Crippen MR) is 54.4 cm³/mol. The van der Waals surface area contributed by atoms with Gasteiger partial charge in [-0.3, -0.25) is 4.79 Å². The van der Waals surface area contributed by atoms with Crippen molar-refractivity contribution >= 4 is 17.4 Å². The molecule has 0 aliphatic heterocycles. The van der Waals surface area contributed by atoms with Gasteiger partial charge >= 0.3 is 0 Å². The van der Waals surface area contributed by atoms with Gasteiger partial charge in [-0.2, -0.15) is 5.26 Å². The number of carbonyl (C=O) groups excluding carboxylic acids is 1. The topological polar surface area (TPSA) is 70.3 Å². The Bertz CT molecular complexity index is 437. The maximum absolute atomic E-state index is 11.3. The second-order valence-electron chi connectivity index (χ2n) is 2.74. The molecular weight excluding hydrogens is 218 g/mol. The van der Waals surface area contributed by atoms with Gasteiger partial charge in [0.25, 0.3) is 0 Å². The summed E-state index contributed by atoms with van der Waals surface area (Å²) in [5, 5.41) is 18.3. The van der Waals surface area contributed by atoms with Gasteiger partial charge in [0.05, 0.1) is 24.1 Å². The van der Waals surface area contributed by atoms with Crippen molar-refractivity contribution in [3.8, 4) is 17.6 Å². The highest BCUT2D eigenvalue weighted by Crippen LogP contribution is 2.28. The molecule has 0 radical (unpaired) electrons. The molecule has 0 fully saturated rings. The van der Waals surface area contributed by atoms with Crippen molar-refractivity contribution in [2.75, 3.05) is 13.0 Å². The molecule has 0 unspecified atom stereocenters. The van der Waals surface area contributed by atoms with E-state index in [1.54, 1.807) is 6.07 Å². The molecule has 0 heterocycles. The van der Waals surface area contributed by atoms with E-state index in [-0.39, 0.29) is 22.8 Å². The van der Waals surface area contributed by atoms with Crippen molar-refractivity contribution in [1.82, 2.24) is 0 Å². The van der Waals surface area contributed by atoms with E-state index in [1.165, 1.54) is 19.2 Å². The van der Waals surface area contributed by atoms with Crippen molar-refractivity contribution < 1.29 is 14.6 Å². The second-order valence-corrected chi connectivity index (χ2v) is 3.01. The summed E-state index contributed by atoms with van der Waals surface area (Å²) in [4.78, 5) is 11.3. The van der Waals surface area contributed by atoms with E-state index in [2.05, 4.69) is 0 Å². The maximum Gasteiger partial charge on any atom is 0.181 e. The number of aromatic hydroxyl groups is 1. The Balaban J connectivity index is 3.38. The first kappa shape index (κ1) is 11.3. The van der Waals surface area contributed by atoms with E-state index in [1.807, 2.05) is 0 Å². The standard InChI is InChI=1S/C10H8ClNO3/c1-15-7-2-6(5-12)10(14)8(3-7)9(13)4-11/h2-3,14H,4H2,1H3. The van der Waals surface area contributed by atoms with Gasteiger partial charge in [-0.15, -0.1) is 11.6 Å². The predicted octanol–water partition coefficient (Wildman–Crippen LogP) is 1.69. The Hall–Kier alpha value is -1.73. The SMILES string of the molecule is COc1cc(C#N)c(O)c(C(=O)CCl)c1. The smallest absolute Gasteiger partial charge is 0.181 e. The third-order valence-corrected chi connectivity index (χ3v) is 2.10. The lowest BCUT2D eigenvalue weighted by Crippen LogP contribution is -2.02. The number of ketones is 1.